The highest BCUT2D eigenvalue weighted by Crippen LogP contribution is 2.28. The summed E-state index contributed by atoms with van der Waals surface area (Å²) in [6.07, 6.45) is 1.97. The van der Waals surface area contributed by atoms with E-state index in [2.05, 4.69) is 10.2 Å². The lowest BCUT2D eigenvalue weighted by Crippen LogP contribution is -2.25. The van der Waals surface area contributed by atoms with Crippen molar-refractivity contribution in [3.05, 3.63) is 42.0 Å². The van der Waals surface area contributed by atoms with Crippen LogP contribution in [0.15, 0.2) is 36.4 Å². The van der Waals surface area contributed by atoms with Crippen molar-refractivity contribution < 1.29 is 9.90 Å². The Morgan fingerprint density at radius 1 is 1.14 bits per heavy atom. The molecular weight excluding hydrogens is 264 g/mol. The third-order valence-corrected chi connectivity index (χ3v) is 3.46. The highest BCUT2D eigenvalue weighted by molar-refractivity contribution is 6.03. The lowest BCUT2D eigenvalue weighted by molar-refractivity contribution is 0.0950. The van der Waals surface area contributed by atoms with Gasteiger partial charge in [0.25, 0.3) is 5.91 Å². The predicted octanol–water partition coefficient (Wildman–Crippen LogP) is 2.62. The second-order valence-electron chi connectivity index (χ2n) is 5.45. The number of fused-ring (bicyclic) bond motifs is 1. The van der Waals surface area contributed by atoms with E-state index < -0.39 is 0 Å². The molecule has 4 nitrogen and oxygen atoms in total. The summed E-state index contributed by atoms with van der Waals surface area (Å²) in [7, 11) is 4.07. The van der Waals surface area contributed by atoms with E-state index >= 15 is 0 Å². The molecule has 0 heterocycles. The van der Waals surface area contributed by atoms with Crippen molar-refractivity contribution in [1.82, 2.24) is 10.2 Å². The largest absolute Gasteiger partial charge is 0.506 e. The minimum atomic E-state index is -0.219. The quantitative estimate of drug-likeness (QED) is 0.803. The zero-order valence-corrected chi connectivity index (χ0v) is 12.6. The summed E-state index contributed by atoms with van der Waals surface area (Å²) in [6.45, 7) is 1.63. The third-order valence-electron chi connectivity index (χ3n) is 3.46. The molecule has 0 atom stereocenters. The number of phenolic OH excluding ortho intramolecular Hbond substituents is 1. The molecule has 0 radical (unpaired) electrons. The topological polar surface area (TPSA) is 52.6 Å². The van der Waals surface area contributed by atoms with E-state index in [-0.39, 0.29) is 11.7 Å². The smallest absolute Gasteiger partial charge is 0.255 e. The molecule has 2 aromatic rings. The van der Waals surface area contributed by atoms with Crippen LogP contribution in [0.25, 0.3) is 10.8 Å². The molecule has 4 heteroatoms. The van der Waals surface area contributed by atoms with Gasteiger partial charge >= 0.3 is 0 Å². The van der Waals surface area contributed by atoms with Gasteiger partial charge in [0.2, 0.25) is 0 Å². The highest BCUT2D eigenvalue weighted by atomic mass is 16.3. The molecule has 0 fully saturated rings. The van der Waals surface area contributed by atoms with Gasteiger partial charge in [0.05, 0.1) is 5.56 Å². The fourth-order valence-corrected chi connectivity index (χ4v) is 2.29. The molecule has 2 rings (SSSR count). The number of nitrogens with zero attached hydrogens (tertiary/aromatic N) is 1. The van der Waals surface area contributed by atoms with Crippen LogP contribution in [0.2, 0.25) is 0 Å². The van der Waals surface area contributed by atoms with Gasteiger partial charge in [0, 0.05) is 11.9 Å². The van der Waals surface area contributed by atoms with Crippen LogP contribution >= 0.6 is 0 Å². The number of rotatable bonds is 6. The number of amides is 1. The van der Waals surface area contributed by atoms with Crippen molar-refractivity contribution in [2.45, 2.75) is 12.8 Å². The van der Waals surface area contributed by atoms with Crippen molar-refractivity contribution in [1.29, 1.82) is 0 Å². The molecule has 0 aliphatic rings. The number of phenols is 1. The number of hydrogen-bond donors (Lipinski definition) is 2. The summed E-state index contributed by atoms with van der Waals surface area (Å²) in [4.78, 5) is 14.2. The van der Waals surface area contributed by atoms with Crippen molar-refractivity contribution in [3.63, 3.8) is 0 Å². The first-order chi connectivity index (χ1) is 10.1. The monoisotopic (exact) mass is 286 g/mol. The van der Waals surface area contributed by atoms with Crippen molar-refractivity contribution in [3.8, 4) is 5.75 Å². The minimum absolute atomic E-state index is 0.0545. The maximum absolute atomic E-state index is 12.1. The molecule has 1 amide bonds. The van der Waals surface area contributed by atoms with E-state index in [0.29, 0.717) is 17.5 Å². The first-order valence-electron chi connectivity index (χ1n) is 7.23. The van der Waals surface area contributed by atoms with E-state index in [4.69, 9.17) is 0 Å². The summed E-state index contributed by atoms with van der Waals surface area (Å²) < 4.78 is 0. The van der Waals surface area contributed by atoms with Gasteiger partial charge in [0.1, 0.15) is 5.75 Å². The van der Waals surface area contributed by atoms with Gasteiger partial charge in [-0.15, -0.1) is 0 Å². The second-order valence-corrected chi connectivity index (χ2v) is 5.45. The van der Waals surface area contributed by atoms with Crippen LogP contribution in [0.5, 0.6) is 5.75 Å². The summed E-state index contributed by atoms with van der Waals surface area (Å²) in [5, 5.41) is 14.7. The molecule has 0 aromatic heterocycles. The van der Waals surface area contributed by atoms with Gasteiger partial charge in [-0.1, -0.05) is 30.3 Å². The maximum Gasteiger partial charge on any atom is 0.255 e. The molecule has 112 valence electrons. The number of carbonyl (C=O) groups excluding carboxylic acids is 1. The summed E-state index contributed by atoms with van der Waals surface area (Å²) in [5.74, 6) is -0.165. The first-order valence-corrected chi connectivity index (χ1v) is 7.23. The van der Waals surface area contributed by atoms with Crippen LogP contribution < -0.4 is 5.32 Å². The molecule has 0 saturated carbocycles. The van der Waals surface area contributed by atoms with Crippen molar-refractivity contribution in [2.75, 3.05) is 27.2 Å². The van der Waals surface area contributed by atoms with Crippen molar-refractivity contribution in [2.24, 2.45) is 0 Å². The number of carbonyl (C=O) groups is 1. The van der Waals surface area contributed by atoms with Crippen LogP contribution in [0.3, 0.4) is 0 Å². The Hall–Kier alpha value is -2.07. The van der Waals surface area contributed by atoms with E-state index in [0.717, 1.165) is 24.8 Å². The van der Waals surface area contributed by atoms with Gasteiger partial charge in [0.15, 0.2) is 0 Å². The fraction of sp³-hybridized carbons (Fsp3) is 0.353. The van der Waals surface area contributed by atoms with Crippen LogP contribution in [0.1, 0.15) is 23.2 Å². The zero-order chi connectivity index (χ0) is 15.2. The molecule has 0 bridgehead atoms. The van der Waals surface area contributed by atoms with E-state index in [9.17, 15) is 9.90 Å². The Kier molecular flexibility index (Phi) is 5.17. The number of aromatic hydroxyl groups is 1. The molecular formula is C17H22N2O2. The van der Waals surface area contributed by atoms with Crippen LogP contribution in [0.4, 0.5) is 0 Å². The number of hydrogen-bond acceptors (Lipinski definition) is 3. The lowest BCUT2D eigenvalue weighted by Gasteiger charge is -2.10. The SMILES string of the molecule is CN(C)CCCCNC(=O)c1ccc2ccccc2c1O. The van der Waals surface area contributed by atoms with E-state index in [1.807, 2.05) is 44.4 Å². The zero-order valence-electron chi connectivity index (χ0n) is 12.6. The van der Waals surface area contributed by atoms with E-state index in [1.54, 1.807) is 6.07 Å². The number of benzene rings is 2. The number of nitrogens with one attached hydrogen (secondary N) is 1. The van der Waals surface area contributed by atoms with Gasteiger partial charge < -0.3 is 15.3 Å². The van der Waals surface area contributed by atoms with Crippen LogP contribution in [0, 0.1) is 0 Å². The van der Waals surface area contributed by atoms with Crippen molar-refractivity contribution >= 4 is 16.7 Å². The highest BCUT2D eigenvalue weighted by Gasteiger charge is 2.12. The maximum atomic E-state index is 12.1. The third kappa shape index (κ3) is 3.95. The Morgan fingerprint density at radius 2 is 1.90 bits per heavy atom. The van der Waals surface area contributed by atoms with Gasteiger partial charge in [-0.05, 0) is 44.9 Å². The van der Waals surface area contributed by atoms with Gasteiger partial charge in [-0.2, -0.15) is 0 Å². The summed E-state index contributed by atoms with van der Waals surface area (Å²) in [6, 6.07) is 11.0. The molecule has 2 N–H and O–H groups in total. The van der Waals surface area contributed by atoms with Crippen LogP contribution in [-0.4, -0.2) is 43.1 Å². The lowest BCUT2D eigenvalue weighted by atomic mass is 10.0. The molecule has 0 aliphatic heterocycles. The van der Waals surface area contributed by atoms with Gasteiger partial charge in [-0.25, -0.2) is 0 Å². The van der Waals surface area contributed by atoms with E-state index in [1.165, 1.54) is 0 Å². The average Bonchev–Trinajstić information content (AvgIpc) is 2.47. The Labute approximate surface area is 125 Å². The Bertz CT molecular complexity index is 623. The fourth-order valence-electron chi connectivity index (χ4n) is 2.29. The first kappa shape index (κ1) is 15.3. The average molecular weight is 286 g/mol. The molecule has 0 unspecified atom stereocenters. The molecule has 2 aromatic carbocycles. The van der Waals surface area contributed by atoms with Crippen LogP contribution in [-0.2, 0) is 0 Å². The normalized spacial score (nSPS) is 11.0. The molecule has 0 spiro atoms. The second kappa shape index (κ2) is 7.09. The Morgan fingerprint density at radius 3 is 2.67 bits per heavy atom. The molecule has 0 aliphatic carbocycles. The standard InChI is InChI=1S/C17H22N2O2/c1-19(2)12-6-5-11-18-17(21)15-10-9-13-7-3-4-8-14(13)16(15)20/h3-4,7-10,20H,5-6,11-12H2,1-2H3,(H,18,21). The minimum Gasteiger partial charge on any atom is -0.506 e. The molecule has 21 heavy (non-hydrogen) atoms. The Balaban J connectivity index is 1.98. The molecule has 0 saturated heterocycles. The summed E-state index contributed by atoms with van der Waals surface area (Å²) in [5.41, 5.74) is 0.335. The summed E-state index contributed by atoms with van der Waals surface area (Å²) >= 11 is 0. The predicted molar refractivity (Wildman–Crippen MR) is 85.7 cm³/mol. The van der Waals surface area contributed by atoms with Gasteiger partial charge in [-0.3, -0.25) is 4.79 Å². The number of unbranched alkanes of at least 4 members (excludes halogenated alkanes) is 1.